The molecule has 0 saturated carbocycles. The van der Waals surface area contributed by atoms with E-state index >= 15 is 0 Å². The van der Waals surface area contributed by atoms with E-state index in [9.17, 15) is 0 Å². The highest BCUT2D eigenvalue weighted by Gasteiger charge is 2.53. The van der Waals surface area contributed by atoms with Crippen LogP contribution in [0.15, 0.2) is 140 Å². The van der Waals surface area contributed by atoms with Crippen molar-refractivity contribution in [2.45, 2.75) is 5.41 Å². The maximum Gasteiger partial charge on any atom is 0.183 e. The topological polar surface area (TPSA) is 47.5 Å². The van der Waals surface area contributed by atoms with Gasteiger partial charge in [-0.25, -0.2) is 15.0 Å². The Morgan fingerprint density at radius 1 is 0.500 bits per heavy atom. The molecular weight excluding hydrogens is 607 g/mol. The Bertz CT molecular complexity index is 2990. The van der Waals surface area contributed by atoms with Crippen molar-refractivity contribution in [1.29, 1.82) is 0 Å². The second kappa shape index (κ2) is 8.62. The van der Waals surface area contributed by atoms with Gasteiger partial charge in [-0.1, -0.05) is 97.1 Å². The lowest BCUT2D eigenvalue weighted by molar-refractivity contribution is 0.795. The van der Waals surface area contributed by atoms with Crippen LogP contribution in [0.5, 0.6) is 0 Å². The van der Waals surface area contributed by atoms with Gasteiger partial charge in [0, 0.05) is 43.7 Å². The van der Waals surface area contributed by atoms with Crippen molar-refractivity contribution in [2.24, 2.45) is 0 Å². The van der Waals surface area contributed by atoms with Crippen molar-refractivity contribution < 1.29 is 0 Å². The highest BCUT2D eigenvalue weighted by Crippen LogP contribution is 2.63. The number of nitrogens with zero attached hydrogens (tertiary/aromatic N) is 5. The first-order valence-electron chi connectivity index (χ1n) is 16.2. The molecule has 5 aromatic carbocycles. The maximum atomic E-state index is 5.15. The van der Waals surface area contributed by atoms with Gasteiger partial charge < -0.3 is 0 Å². The van der Waals surface area contributed by atoms with Crippen LogP contribution in [0, 0.1) is 0 Å². The van der Waals surface area contributed by atoms with Gasteiger partial charge in [0.2, 0.25) is 0 Å². The van der Waals surface area contributed by atoms with Gasteiger partial charge in [0.05, 0.1) is 28.5 Å². The third-order valence-corrected chi connectivity index (χ3v) is 11.8. The molecule has 12 rings (SSSR count). The fourth-order valence-corrected chi connectivity index (χ4v) is 9.98. The standard InChI is InChI=1S/C42H23N5S/c1-5-13-30-25(9-1)26-10-2-6-14-31(26)42(30)32-15-7-3-12-28(32)38-33(42)22-34-39-45-23-35(47(39)41-40(46(34)38)43-19-20-44-41)24-17-18-37-29(21-24)27-11-4-8-16-36(27)48-37/h1-23H. The quantitative estimate of drug-likeness (QED) is 0.182. The molecule has 0 radical (unpaired) electrons. The zero-order valence-corrected chi connectivity index (χ0v) is 26.2. The van der Waals surface area contributed by atoms with E-state index in [1.165, 1.54) is 59.1 Å². The summed E-state index contributed by atoms with van der Waals surface area (Å²) in [6, 6.07) is 44.5. The van der Waals surface area contributed by atoms with Crippen LogP contribution < -0.4 is 0 Å². The lowest BCUT2D eigenvalue weighted by atomic mass is 9.71. The highest BCUT2D eigenvalue weighted by atomic mass is 32.1. The Labute approximate surface area is 278 Å². The average Bonchev–Trinajstić information content (AvgIpc) is 3.95. The van der Waals surface area contributed by atoms with Crippen molar-refractivity contribution in [3.63, 3.8) is 0 Å². The molecule has 0 saturated heterocycles. The molecule has 0 fully saturated rings. The first kappa shape index (κ1) is 25.0. The molecule has 1 spiro atoms. The van der Waals surface area contributed by atoms with Crippen molar-refractivity contribution >= 4 is 54.0 Å². The normalized spacial score (nSPS) is 14.0. The summed E-state index contributed by atoms with van der Waals surface area (Å²) in [5, 5.41) is 2.54. The van der Waals surface area contributed by atoms with E-state index in [2.05, 4.69) is 130 Å². The molecule has 2 aliphatic rings. The van der Waals surface area contributed by atoms with E-state index in [0.29, 0.717) is 0 Å². The Kier molecular flexibility index (Phi) is 4.50. The second-order valence-corrected chi connectivity index (χ2v) is 13.9. The number of hydrogen-bond acceptors (Lipinski definition) is 4. The number of hydrogen-bond donors (Lipinski definition) is 0. The molecule has 0 N–H and O–H groups in total. The minimum Gasteiger partial charge on any atom is -0.287 e. The van der Waals surface area contributed by atoms with Gasteiger partial charge in [-0.3, -0.25) is 8.80 Å². The molecule has 6 heteroatoms. The van der Waals surface area contributed by atoms with Gasteiger partial charge >= 0.3 is 0 Å². The number of thiophene rings is 1. The molecule has 5 nitrogen and oxygen atoms in total. The molecule has 0 aliphatic heterocycles. The zero-order valence-electron chi connectivity index (χ0n) is 25.4. The van der Waals surface area contributed by atoms with Crippen molar-refractivity contribution in [3.05, 3.63) is 162 Å². The van der Waals surface area contributed by atoms with Crippen LogP contribution in [0.1, 0.15) is 22.3 Å². The summed E-state index contributed by atoms with van der Waals surface area (Å²) in [6.07, 6.45) is 5.59. The minimum absolute atomic E-state index is 0.447. The summed E-state index contributed by atoms with van der Waals surface area (Å²) < 4.78 is 7.10. The van der Waals surface area contributed by atoms with Crippen molar-refractivity contribution in [1.82, 2.24) is 23.8 Å². The molecule has 0 amide bonds. The van der Waals surface area contributed by atoms with Gasteiger partial charge in [-0.05, 0) is 57.6 Å². The third kappa shape index (κ3) is 2.80. The van der Waals surface area contributed by atoms with Crippen LogP contribution in [0.2, 0.25) is 0 Å². The summed E-state index contributed by atoms with van der Waals surface area (Å²) in [5.74, 6) is 0. The molecular formula is C42H23N5S. The predicted molar refractivity (Wildman–Crippen MR) is 194 cm³/mol. The second-order valence-electron chi connectivity index (χ2n) is 12.8. The summed E-state index contributed by atoms with van der Waals surface area (Å²) in [7, 11) is 0. The maximum absolute atomic E-state index is 5.15. The number of aromatic nitrogens is 5. The van der Waals surface area contributed by atoms with Crippen LogP contribution in [0.25, 0.3) is 76.3 Å². The Hall–Kier alpha value is -6.11. The van der Waals surface area contributed by atoms with Crippen LogP contribution >= 0.6 is 11.3 Å². The first-order valence-corrected chi connectivity index (χ1v) is 17.0. The summed E-state index contributed by atoms with van der Waals surface area (Å²) in [4.78, 5) is 15.2. The predicted octanol–water partition coefficient (Wildman–Crippen LogP) is 9.91. The molecule has 5 aromatic heterocycles. The van der Waals surface area contributed by atoms with E-state index in [0.717, 1.165) is 39.4 Å². The van der Waals surface area contributed by atoms with Gasteiger partial charge in [-0.15, -0.1) is 11.3 Å². The average molecular weight is 630 g/mol. The number of imidazole rings is 1. The van der Waals surface area contributed by atoms with Crippen molar-refractivity contribution in [2.75, 3.05) is 0 Å². The van der Waals surface area contributed by atoms with Gasteiger partial charge in [-0.2, -0.15) is 0 Å². The largest absolute Gasteiger partial charge is 0.287 e. The van der Waals surface area contributed by atoms with E-state index in [1.54, 1.807) is 12.4 Å². The minimum atomic E-state index is -0.447. The smallest absolute Gasteiger partial charge is 0.183 e. The third-order valence-electron chi connectivity index (χ3n) is 10.7. The van der Waals surface area contributed by atoms with Gasteiger partial charge in [0.1, 0.15) is 0 Å². The summed E-state index contributed by atoms with van der Waals surface area (Å²) in [6.45, 7) is 0. The van der Waals surface area contributed by atoms with Gasteiger partial charge in [0.15, 0.2) is 16.9 Å². The monoisotopic (exact) mass is 629 g/mol. The molecule has 5 heterocycles. The first-order chi connectivity index (χ1) is 23.8. The highest BCUT2D eigenvalue weighted by molar-refractivity contribution is 7.25. The molecule has 0 unspecified atom stereocenters. The molecule has 0 bridgehead atoms. The van der Waals surface area contributed by atoms with Crippen LogP contribution in [0.4, 0.5) is 0 Å². The van der Waals surface area contributed by atoms with Crippen molar-refractivity contribution in [3.8, 4) is 33.6 Å². The Balaban J connectivity index is 1.22. The van der Waals surface area contributed by atoms with Crippen LogP contribution in [0.3, 0.4) is 0 Å². The van der Waals surface area contributed by atoms with E-state index < -0.39 is 5.41 Å². The number of benzene rings is 5. The summed E-state index contributed by atoms with van der Waals surface area (Å²) >= 11 is 1.83. The van der Waals surface area contributed by atoms with E-state index in [4.69, 9.17) is 15.0 Å². The lowest BCUT2D eigenvalue weighted by Gasteiger charge is -2.29. The molecule has 10 aromatic rings. The SMILES string of the molecule is c1ccc2c(c1)-c1ccccc1C21c2ccccc2-c2c1cc1c3ncc(-c4ccc5sc6ccccc6c5c4)n3c3nccnc3n21. The molecule has 2 aliphatic carbocycles. The molecule has 222 valence electrons. The number of fused-ring (bicyclic) bond motifs is 20. The lowest BCUT2D eigenvalue weighted by Crippen LogP contribution is -2.25. The Morgan fingerprint density at radius 2 is 1.12 bits per heavy atom. The Morgan fingerprint density at radius 3 is 1.90 bits per heavy atom. The molecule has 0 atom stereocenters. The fourth-order valence-electron chi connectivity index (χ4n) is 8.90. The van der Waals surface area contributed by atoms with Gasteiger partial charge in [0.25, 0.3) is 0 Å². The number of rotatable bonds is 1. The van der Waals surface area contributed by atoms with Crippen LogP contribution in [-0.2, 0) is 5.41 Å². The fraction of sp³-hybridized carbons (Fsp3) is 0.0238. The van der Waals surface area contributed by atoms with E-state index in [1.807, 2.05) is 17.5 Å². The summed E-state index contributed by atoms with van der Waals surface area (Å²) in [5.41, 5.74) is 15.3. The van der Waals surface area contributed by atoms with E-state index in [-0.39, 0.29) is 0 Å². The van der Waals surface area contributed by atoms with Crippen LogP contribution in [-0.4, -0.2) is 23.8 Å². The zero-order chi connectivity index (χ0) is 31.1. The molecule has 48 heavy (non-hydrogen) atoms.